The Morgan fingerprint density at radius 3 is 2.13 bits per heavy atom. The molecule has 0 saturated carbocycles. The van der Waals surface area contributed by atoms with Crippen LogP contribution in [0.4, 0.5) is 5.95 Å². The van der Waals surface area contributed by atoms with Crippen molar-refractivity contribution in [3.05, 3.63) is 96.0 Å². The minimum atomic E-state index is -3.87. The lowest BCUT2D eigenvalue weighted by atomic mass is 10.1. The summed E-state index contributed by atoms with van der Waals surface area (Å²) in [5.74, 6) is 0.443. The Kier molecular flexibility index (Phi) is 5.65. The molecule has 30 heavy (non-hydrogen) atoms. The Morgan fingerprint density at radius 1 is 0.800 bits per heavy atom. The second kappa shape index (κ2) is 8.52. The highest BCUT2D eigenvalue weighted by Crippen LogP contribution is 2.30. The Morgan fingerprint density at radius 2 is 1.43 bits per heavy atom. The second-order valence-electron chi connectivity index (χ2n) is 6.23. The van der Waals surface area contributed by atoms with E-state index in [0.717, 1.165) is 5.56 Å². The zero-order chi connectivity index (χ0) is 21.0. The summed E-state index contributed by atoms with van der Waals surface area (Å²) in [6, 6.07) is 25.9. The molecule has 0 amide bonds. The van der Waals surface area contributed by atoms with Crippen LogP contribution in [0.1, 0.15) is 0 Å². The van der Waals surface area contributed by atoms with E-state index in [0.29, 0.717) is 16.5 Å². The van der Waals surface area contributed by atoms with Crippen molar-refractivity contribution in [3.63, 3.8) is 0 Å². The number of para-hydroxylation sites is 1. The van der Waals surface area contributed by atoms with Crippen LogP contribution < -0.4 is 9.46 Å². The highest BCUT2D eigenvalue weighted by Gasteiger charge is 2.17. The molecule has 0 aliphatic rings. The first kappa shape index (κ1) is 19.9. The van der Waals surface area contributed by atoms with Crippen molar-refractivity contribution in [2.75, 3.05) is 4.72 Å². The van der Waals surface area contributed by atoms with Gasteiger partial charge in [-0.1, -0.05) is 72.3 Å². The number of hydrogen-bond donors (Lipinski definition) is 1. The summed E-state index contributed by atoms with van der Waals surface area (Å²) in [5, 5.41) is 0.406. The van der Waals surface area contributed by atoms with Crippen molar-refractivity contribution in [1.82, 2.24) is 9.97 Å². The quantitative estimate of drug-likeness (QED) is 0.437. The van der Waals surface area contributed by atoms with Gasteiger partial charge in [0.2, 0.25) is 11.8 Å². The molecule has 4 aromatic rings. The number of hydrogen-bond acceptors (Lipinski definition) is 5. The van der Waals surface area contributed by atoms with Crippen LogP contribution in [0.3, 0.4) is 0 Å². The largest absolute Gasteiger partial charge is 0.437 e. The Hall–Kier alpha value is -3.42. The van der Waals surface area contributed by atoms with Gasteiger partial charge in [0.25, 0.3) is 10.0 Å². The molecule has 0 aliphatic carbocycles. The van der Waals surface area contributed by atoms with E-state index in [1.807, 2.05) is 30.3 Å². The molecule has 150 valence electrons. The van der Waals surface area contributed by atoms with Crippen LogP contribution in [0.2, 0.25) is 5.02 Å². The third-order valence-corrected chi connectivity index (χ3v) is 5.76. The molecule has 0 spiro atoms. The summed E-state index contributed by atoms with van der Waals surface area (Å²) in [7, 11) is -3.87. The van der Waals surface area contributed by atoms with Crippen LogP contribution in [0.5, 0.6) is 11.6 Å². The summed E-state index contributed by atoms with van der Waals surface area (Å²) in [6.07, 6.45) is 0. The molecule has 0 radical (unpaired) electrons. The molecular weight excluding hydrogens is 422 g/mol. The lowest BCUT2D eigenvalue weighted by Crippen LogP contribution is -2.15. The highest BCUT2D eigenvalue weighted by molar-refractivity contribution is 7.92. The van der Waals surface area contributed by atoms with Crippen LogP contribution in [0.15, 0.2) is 95.9 Å². The summed E-state index contributed by atoms with van der Waals surface area (Å²) >= 11 is 6.18. The van der Waals surface area contributed by atoms with Crippen molar-refractivity contribution in [2.24, 2.45) is 0 Å². The topological polar surface area (TPSA) is 81.2 Å². The van der Waals surface area contributed by atoms with Crippen LogP contribution in [0, 0.1) is 0 Å². The first-order valence-corrected chi connectivity index (χ1v) is 10.8. The van der Waals surface area contributed by atoms with E-state index in [9.17, 15) is 8.42 Å². The van der Waals surface area contributed by atoms with Gasteiger partial charge in [-0.05, 0) is 24.3 Å². The predicted molar refractivity (Wildman–Crippen MR) is 116 cm³/mol. The van der Waals surface area contributed by atoms with Crippen molar-refractivity contribution in [2.45, 2.75) is 4.90 Å². The SMILES string of the molecule is O=S(=O)(Nc1nc(Oc2ccccc2Cl)cc(-c2ccccc2)n1)c1ccccc1. The van der Waals surface area contributed by atoms with Crippen LogP contribution in [-0.2, 0) is 10.0 Å². The number of anilines is 1. The average molecular weight is 438 g/mol. The lowest BCUT2D eigenvalue weighted by Gasteiger charge is -2.12. The van der Waals surface area contributed by atoms with E-state index in [-0.39, 0.29) is 16.7 Å². The number of sulfonamides is 1. The van der Waals surface area contributed by atoms with Gasteiger partial charge in [-0.15, -0.1) is 0 Å². The van der Waals surface area contributed by atoms with Crippen molar-refractivity contribution in [1.29, 1.82) is 0 Å². The van der Waals surface area contributed by atoms with Gasteiger partial charge in [0.1, 0.15) is 5.75 Å². The van der Waals surface area contributed by atoms with Crippen LogP contribution >= 0.6 is 11.6 Å². The fourth-order valence-electron chi connectivity index (χ4n) is 2.70. The minimum Gasteiger partial charge on any atom is -0.437 e. The number of rotatable bonds is 6. The van der Waals surface area contributed by atoms with Gasteiger partial charge in [-0.3, -0.25) is 0 Å². The molecule has 6 nitrogen and oxygen atoms in total. The van der Waals surface area contributed by atoms with E-state index < -0.39 is 10.0 Å². The standard InChI is InChI=1S/C22H16ClN3O3S/c23-18-13-7-8-14-20(18)29-21-15-19(16-9-3-1-4-10-16)24-22(25-21)26-30(27,28)17-11-5-2-6-12-17/h1-15H,(H,24,25,26). The molecule has 1 heterocycles. The molecule has 0 fully saturated rings. The number of benzene rings is 3. The normalized spacial score (nSPS) is 11.1. The van der Waals surface area contributed by atoms with Crippen LogP contribution in [0.25, 0.3) is 11.3 Å². The maximum Gasteiger partial charge on any atom is 0.264 e. The molecule has 0 unspecified atom stereocenters. The number of nitrogens with one attached hydrogen (secondary N) is 1. The third-order valence-electron chi connectivity index (χ3n) is 4.10. The number of nitrogens with zero attached hydrogens (tertiary/aromatic N) is 2. The molecule has 0 atom stereocenters. The summed E-state index contributed by atoms with van der Waals surface area (Å²) in [4.78, 5) is 8.69. The number of halogens is 1. The average Bonchev–Trinajstić information content (AvgIpc) is 2.76. The van der Waals surface area contributed by atoms with Gasteiger partial charge in [0, 0.05) is 11.6 Å². The van der Waals surface area contributed by atoms with E-state index in [1.54, 1.807) is 48.5 Å². The molecule has 0 bridgehead atoms. The molecule has 0 saturated heterocycles. The van der Waals surface area contributed by atoms with E-state index in [4.69, 9.17) is 16.3 Å². The lowest BCUT2D eigenvalue weighted by molar-refractivity contribution is 0.463. The van der Waals surface area contributed by atoms with Gasteiger partial charge in [-0.2, -0.15) is 4.98 Å². The Labute approximate surface area is 179 Å². The first-order chi connectivity index (χ1) is 14.5. The van der Waals surface area contributed by atoms with Gasteiger partial charge in [0.05, 0.1) is 15.6 Å². The predicted octanol–water partition coefficient (Wildman–Crippen LogP) is 5.39. The van der Waals surface area contributed by atoms with E-state index >= 15 is 0 Å². The molecule has 8 heteroatoms. The molecule has 4 rings (SSSR count). The fourth-order valence-corrected chi connectivity index (χ4v) is 3.84. The zero-order valence-electron chi connectivity index (χ0n) is 15.6. The zero-order valence-corrected chi connectivity index (χ0v) is 17.1. The van der Waals surface area contributed by atoms with E-state index in [1.165, 1.54) is 12.1 Å². The van der Waals surface area contributed by atoms with Crippen molar-refractivity contribution in [3.8, 4) is 22.9 Å². The minimum absolute atomic E-state index is 0.104. The summed E-state index contributed by atoms with van der Waals surface area (Å²) < 4.78 is 33.7. The second-order valence-corrected chi connectivity index (χ2v) is 8.32. The van der Waals surface area contributed by atoms with Gasteiger partial charge >= 0.3 is 0 Å². The Bertz CT molecular complexity index is 1270. The van der Waals surface area contributed by atoms with Crippen molar-refractivity contribution >= 4 is 27.6 Å². The van der Waals surface area contributed by atoms with Gasteiger partial charge in [0.15, 0.2) is 0 Å². The number of aromatic nitrogens is 2. The molecule has 1 N–H and O–H groups in total. The fraction of sp³-hybridized carbons (Fsp3) is 0. The van der Waals surface area contributed by atoms with Gasteiger partial charge < -0.3 is 4.74 Å². The molecule has 1 aromatic heterocycles. The van der Waals surface area contributed by atoms with Crippen molar-refractivity contribution < 1.29 is 13.2 Å². The summed E-state index contributed by atoms with van der Waals surface area (Å²) in [6.45, 7) is 0. The first-order valence-electron chi connectivity index (χ1n) is 8.96. The Balaban J connectivity index is 1.75. The smallest absolute Gasteiger partial charge is 0.264 e. The molecule has 3 aromatic carbocycles. The van der Waals surface area contributed by atoms with Crippen LogP contribution in [-0.4, -0.2) is 18.4 Å². The monoisotopic (exact) mass is 437 g/mol. The molecule has 0 aliphatic heterocycles. The van der Waals surface area contributed by atoms with Gasteiger partial charge in [-0.25, -0.2) is 18.1 Å². The third kappa shape index (κ3) is 4.59. The number of ether oxygens (including phenoxy) is 1. The highest BCUT2D eigenvalue weighted by atomic mass is 35.5. The maximum atomic E-state index is 12.7. The summed E-state index contributed by atoms with van der Waals surface area (Å²) in [5.41, 5.74) is 1.28. The van der Waals surface area contributed by atoms with E-state index in [2.05, 4.69) is 14.7 Å². The molecular formula is C22H16ClN3O3S. The maximum absolute atomic E-state index is 12.7.